The number of carbonyl (C=O) groups is 1. The number of phenolic OH excluding ortho intramolecular Hbond substituents is 1. The summed E-state index contributed by atoms with van der Waals surface area (Å²) in [6.45, 7) is 2.20. The van der Waals surface area contributed by atoms with Gasteiger partial charge >= 0.3 is 5.69 Å². The van der Waals surface area contributed by atoms with Crippen LogP contribution in [0.5, 0.6) is 23.0 Å². The molecule has 0 fully saturated rings. The lowest BCUT2D eigenvalue weighted by molar-refractivity contribution is 0.0997. The van der Waals surface area contributed by atoms with E-state index in [9.17, 15) is 14.7 Å². The van der Waals surface area contributed by atoms with E-state index in [1.165, 1.54) is 16.2 Å². The first-order chi connectivity index (χ1) is 15.9. The van der Waals surface area contributed by atoms with Crippen molar-refractivity contribution in [3.8, 4) is 40.1 Å². The van der Waals surface area contributed by atoms with Gasteiger partial charge in [0.05, 0.1) is 17.9 Å². The Morgan fingerprint density at radius 1 is 1.21 bits per heavy atom. The molecule has 3 heterocycles. The molecule has 1 aliphatic rings. The minimum atomic E-state index is -0.845. The van der Waals surface area contributed by atoms with Crippen LogP contribution in [0.3, 0.4) is 0 Å². The number of ether oxygens (including phenoxy) is 3. The molecule has 33 heavy (non-hydrogen) atoms. The lowest BCUT2D eigenvalue weighted by Crippen LogP contribution is -2.21. The normalized spacial score (nSPS) is 12.3. The number of hydrogen-bond donors (Lipinski definition) is 2. The number of hydrogen-bond acceptors (Lipinski definition) is 8. The summed E-state index contributed by atoms with van der Waals surface area (Å²) in [5.74, 6) is 0.237. The monoisotopic (exact) mass is 449 g/mol. The maximum atomic E-state index is 13.2. The maximum absolute atomic E-state index is 13.2. The SMILES string of the molecule is CCOc1cccc(-c2nc(C(N)=O)c3c(n2)n(-c2ccc4c(c2)OCO4)c(=O)n3C)c1O. The van der Waals surface area contributed by atoms with Crippen LogP contribution in [0.25, 0.3) is 28.2 Å². The van der Waals surface area contributed by atoms with E-state index in [2.05, 4.69) is 9.97 Å². The minimum absolute atomic E-state index is 0.00967. The number of amides is 1. The first kappa shape index (κ1) is 20.4. The zero-order valence-electron chi connectivity index (χ0n) is 17.7. The summed E-state index contributed by atoms with van der Waals surface area (Å²) in [4.78, 5) is 34.3. The third-order valence-electron chi connectivity index (χ3n) is 5.28. The second-order valence-corrected chi connectivity index (χ2v) is 7.23. The molecule has 11 heteroatoms. The van der Waals surface area contributed by atoms with Crippen molar-refractivity contribution in [2.75, 3.05) is 13.4 Å². The first-order valence-corrected chi connectivity index (χ1v) is 10.0. The highest BCUT2D eigenvalue weighted by Gasteiger charge is 2.25. The number of aromatic nitrogens is 4. The molecular weight excluding hydrogens is 430 g/mol. The summed E-state index contributed by atoms with van der Waals surface area (Å²) < 4.78 is 18.8. The van der Waals surface area contributed by atoms with E-state index in [0.29, 0.717) is 23.8 Å². The fourth-order valence-corrected chi connectivity index (χ4v) is 3.77. The van der Waals surface area contributed by atoms with Crippen LogP contribution in [0, 0.1) is 0 Å². The van der Waals surface area contributed by atoms with E-state index in [1.54, 1.807) is 43.3 Å². The molecule has 1 aliphatic heterocycles. The number of primary amides is 1. The summed E-state index contributed by atoms with van der Waals surface area (Å²) in [6, 6.07) is 9.83. The quantitative estimate of drug-likeness (QED) is 0.469. The Hall–Kier alpha value is -4.54. The molecule has 2 aromatic heterocycles. The van der Waals surface area contributed by atoms with Gasteiger partial charge in [-0.15, -0.1) is 0 Å². The fraction of sp³-hybridized carbons (Fsp3) is 0.182. The number of para-hydroxylation sites is 1. The minimum Gasteiger partial charge on any atom is -0.504 e. The molecule has 0 saturated heterocycles. The van der Waals surface area contributed by atoms with Crippen molar-refractivity contribution in [1.82, 2.24) is 19.1 Å². The van der Waals surface area contributed by atoms with Crippen molar-refractivity contribution >= 4 is 17.1 Å². The highest BCUT2D eigenvalue weighted by Crippen LogP contribution is 2.37. The molecule has 0 bridgehead atoms. The van der Waals surface area contributed by atoms with Crippen LogP contribution in [0.1, 0.15) is 17.4 Å². The predicted octanol–water partition coefficient (Wildman–Crippen LogP) is 1.72. The summed E-state index contributed by atoms with van der Waals surface area (Å²) in [6.07, 6.45) is 0. The van der Waals surface area contributed by atoms with Gasteiger partial charge in [0.1, 0.15) is 5.52 Å². The van der Waals surface area contributed by atoms with Crippen LogP contribution in [0.15, 0.2) is 41.2 Å². The number of fused-ring (bicyclic) bond motifs is 2. The lowest BCUT2D eigenvalue weighted by Gasteiger charge is -2.11. The average molecular weight is 449 g/mol. The van der Waals surface area contributed by atoms with E-state index < -0.39 is 11.6 Å². The molecule has 5 rings (SSSR count). The summed E-state index contributed by atoms with van der Waals surface area (Å²) in [5.41, 5.74) is 5.95. The standard InChI is InChI=1S/C22H19N5O6/c1-3-31-14-6-4-5-12(18(14)28)20-24-16(19(23)29)17-21(25-20)27(22(30)26(17)2)11-7-8-13-15(9-11)33-10-32-13/h4-9,28H,3,10H2,1-2H3,(H2,23,29). The smallest absolute Gasteiger partial charge is 0.334 e. The summed E-state index contributed by atoms with van der Waals surface area (Å²) in [5, 5.41) is 10.7. The van der Waals surface area contributed by atoms with Crippen molar-refractivity contribution in [2.45, 2.75) is 6.92 Å². The number of carbonyl (C=O) groups excluding carboxylic acids is 1. The summed E-state index contributed by atoms with van der Waals surface area (Å²) >= 11 is 0. The maximum Gasteiger partial charge on any atom is 0.334 e. The number of rotatable bonds is 5. The molecule has 0 aliphatic carbocycles. The highest BCUT2D eigenvalue weighted by molar-refractivity contribution is 6.02. The topological polar surface area (TPSA) is 144 Å². The Labute approximate surface area is 186 Å². The van der Waals surface area contributed by atoms with Crippen molar-refractivity contribution < 1.29 is 24.1 Å². The molecule has 0 unspecified atom stereocenters. The van der Waals surface area contributed by atoms with Crippen LogP contribution >= 0.6 is 0 Å². The molecule has 0 radical (unpaired) electrons. The molecule has 1 amide bonds. The Bertz CT molecular complexity index is 1490. The first-order valence-electron chi connectivity index (χ1n) is 10.0. The van der Waals surface area contributed by atoms with E-state index in [0.717, 1.165) is 0 Å². The van der Waals surface area contributed by atoms with Crippen molar-refractivity contribution in [3.63, 3.8) is 0 Å². The molecule has 3 N–H and O–H groups in total. The Balaban J connectivity index is 1.82. The van der Waals surface area contributed by atoms with Gasteiger partial charge in [0.2, 0.25) is 6.79 Å². The van der Waals surface area contributed by atoms with Gasteiger partial charge in [-0.2, -0.15) is 0 Å². The predicted molar refractivity (Wildman–Crippen MR) is 117 cm³/mol. The van der Waals surface area contributed by atoms with Gasteiger partial charge in [0.15, 0.2) is 40.2 Å². The van der Waals surface area contributed by atoms with Crippen LogP contribution < -0.4 is 25.6 Å². The van der Waals surface area contributed by atoms with Gasteiger partial charge in [-0.1, -0.05) is 6.07 Å². The third kappa shape index (κ3) is 3.13. The molecule has 0 spiro atoms. The van der Waals surface area contributed by atoms with Crippen LogP contribution in [-0.4, -0.2) is 43.5 Å². The van der Waals surface area contributed by atoms with Gasteiger partial charge in [0, 0.05) is 13.1 Å². The third-order valence-corrected chi connectivity index (χ3v) is 5.28. The van der Waals surface area contributed by atoms with Crippen LogP contribution in [0.4, 0.5) is 0 Å². The van der Waals surface area contributed by atoms with Gasteiger partial charge in [-0.05, 0) is 31.2 Å². The molecule has 11 nitrogen and oxygen atoms in total. The van der Waals surface area contributed by atoms with E-state index >= 15 is 0 Å². The number of benzene rings is 2. The Morgan fingerprint density at radius 3 is 2.76 bits per heavy atom. The van der Waals surface area contributed by atoms with Gasteiger partial charge in [0.25, 0.3) is 5.91 Å². The highest BCUT2D eigenvalue weighted by atomic mass is 16.7. The Kier molecular flexibility index (Phi) is 4.66. The molecule has 0 saturated carbocycles. The van der Waals surface area contributed by atoms with Gasteiger partial charge in [-0.25, -0.2) is 19.3 Å². The molecule has 4 aromatic rings. The zero-order chi connectivity index (χ0) is 23.3. The number of aryl methyl sites for hydroxylation is 1. The van der Waals surface area contributed by atoms with Gasteiger partial charge < -0.3 is 25.1 Å². The molecule has 2 aromatic carbocycles. The lowest BCUT2D eigenvalue weighted by atomic mass is 10.1. The van der Waals surface area contributed by atoms with Gasteiger partial charge in [-0.3, -0.25) is 9.36 Å². The number of imidazole rings is 1. The van der Waals surface area contributed by atoms with Crippen molar-refractivity contribution in [3.05, 3.63) is 52.6 Å². The molecule has 0 atom stereocenters. The second-order valence-electron chi connectivity index (χ2n) is 7.23. The van der Waals surface area contributed by atoms with Crippen LogP contribution in [-0.2, 0) is 7.05 Å². The van der Waals surface area contributed by atoms with E-state index in [1.807, 2.05) is 0 Å². The van der Waals surface area contributed by atoms with Crippen molar-refractivity contribution in [2.24, 2.45) is 12.8 Å². The largest absolute Gasteiger partial charge is 0.504 e. The zero-order valence-corrected chi connectivity index (χ0v) is 17.7. The fourth-order valence-electron chi connectivity index (χ4n) is 3.77. The second kappa shape index (κ2) is 7.55. The average Bonchev–Trinajstić information content (AvgIpc) is 3.36. The molecule has 168 valence electrons. The molecular formula is C22H19N5O6. The van der Waals surface area contributed by atoms with E-state index in [4.69, 9.17) is 19.9 Å². The number of phenols is 1. The Morgan fingerprint density at radius 2 is 2.00 bits per heavy atom. The number of aromatic hydroxyl groups is 1. The van der Waals surface area contributed by atoms with E-state index in [-0.39, 0.29) is 46.5 Å². The summed E-state index contributed by atoms with van der Waals surface area (Å²) in [7, 11) is 1.50. The van der Waals surface area contributed by atoms with Crippen molar-refractivity contribution in [1.29, 1.82) is 0 Å². The number of nitrogens with two attached hydrogens (primary N) is 1. The van der Waals surface area contributed by atoms with Crippen LogP contribution in [0.2, 0.25) is 0 Å². The number of nitrogens with zero attached hydrogens (tertiary/aromatic N) is 4.